The molecule has 72 heavy (non-hydrogen) atoms. The van der Waals surface area contributed by atoms with Gasteiger partial charge in [-0.1, -0.05) is 0 Å². The summed E-state index contributed by atoms with van der Waals surface area (Å²) in [6.45, 7) is 6.85. The molecular formula is C42H52F6N20O4. The minimum absolute atomic E-state index is 0.0159. The van der Waals surface area contributed by atoms with Gasteiger partial charge in [0.05, 0.1) is 37.6 Å². The van der Waals surface area contributed by atoms with E-state index < -0.39 is 38.0 Å². The van der Waals surface area contributed by atoms with Crippen LogP contribution in [-0.4, -0.2) is 198 Å². The van der Waals surface area contributed by atoms with E-state index in [0.29, 0.717) is 101 Å². The molecule has 0 saturated carbocycles. The standard InChI is InChI=1S/C22H27F3N10O3.C20H25F3N10O/c1-13-10-33(2-3-34(13)15(37)11-36)21-29-16-18(32-4-6-38-7-5-32)30-17(14-8-27-20(26)28-9-14)31-19(16)35(21)12-22(23,24)25;1-12-10-32(3-2-25-12)19-28-14-16(31-4-6-34-7-5-31)29-15(13-8-26-18(24)27-9-13)30-17(14)33(19)11-20(21,22)23/h8-9,13,36H,2-7,10-12H2,1H3,(H2,26,27,28);8-9,12,25H,2-7,10-11H2,1H3,(H2,24,26,27)/t13-;12-/m00/s1. The minimum atomic E-state index is -4.56. The van der Waals surface area contributed by atoms with Crippen molar-refractivity contribution in [3.63, 3.8) is 0 Å². The Labute approximate surface area is 406 Å². The van der Waals surface area contributed by atoms with E-state index in [4.69, 9.17) is 20.9 Å². The zero-order valence-corrected chi connectivity index (χ0v) is 39.2. The van der Waals surface area contributed by atoms with E-state index >= 15 is 0 Å². The van der Waals surface area contributed by atoms with Crippen molar-refractivity contribution in [1.82, 2.24) is 69.2 Å². The number of carbonyl (C=O) groups excluding carboxylic acids is 1. The third-order valence-corrected chi connectivity index (χ3v) is 12.3. The fourth-order valence-corrected chi connectivity index (χ4v) is 8.95. The Balaban J connectivity index is 0.000000179. The molecule has 0 aliphatic carbocycles. The van der Waals surface area contributed by atoms with E-state index in [-0.39, 0.29) is 84.0 Å². The SMILES string of the molecule is C[C@H]1CN(c2nc3c(N4CCOCC4)nc(-c4cnc(N)nc4)nc3n2CC(F)(F)F)CCN1.C[C@H]1CN(c2nc3c(N4CCOCC4)nc(-c4cnc(N)nc4)nc3n2CC(F)(F)F)CCN1C(=O)CO. The minimum Gasteiger partial charge on any atom is -0.387 e. The zero-order chi connectivity index (χ0) is 50.9. The Morgan fingerprint density at radius 1 is 0.639 bits per heavy atom. The summed E-state index contributed by atoms with van der Waals surface area (Å²) in [5, 5.41) is 12.6. The summed E-state index contributed by atoms with van der Waals surface area (Å²) < 4.78 is 95.8. The number of imidazole rings is 2. The lowest BCUT2D eigenvalue weighted by molar-refractivity contribution is -0.140. The number of nitrogens with zero attached hydrogens (tertiary/aromatic N) is 17. The van der Waals surface area contributed by atoms with Gasteiger partial charge in [0.25, 0.3) is 0 Å². The Morgan fingerprint density at radius 3 is 1.49 bits per heavy atom. The molecule has 0 spiro atoms. The van der Waals surface area contributed by atoms with Crippen LogP contribution in [0, 0.1) is 0 Å². The molecule has 0 radical (unpaired) electrons. The maximum Gasteiger partial charge on any atom is 0.406 e. The van der Waals surface area contributed by atoms with Gasteiger partial charge in [0.1, 0.15) is 19.7 Å². The second-order valence-electron chi connectivity index (χ2n) is 17.5. The van der Waals surface area contributed by atoms with Crippen LogP contribution in [-0.2, 0) is 27.4 Å². The lowest BCUT2D eigenvalue weighted by Crippen LogP contribution is -2.55. The first-order valence-corrected chi connectivity index (χ1v) is 23.1. The van der Waals surface area contributed by atoms with Gasteiger partial charge in [0.2, 0.25) is 29.7 Å². The van der Waals surface area contributed by atoms with Crippen molar-refractivity contribution in [2.24, 2.45) is 0 Å². The summed E-state index contributed by atoms with van der Waals surface area (Å²) in [4.78, 5) is 64.6. The number of amides is 1. The maximum atomic E-state index is 13.9. The molecule has 4 aliphatic rings. The summed E-state index contributed by atoms with van der Waals surface area (Å²) in [6, 6.07) is -0.241. The first kappa shape index (κ1) is 49.9. The van der Waals surface area contributed by atoms with Crippen molar-refractivity contribution in [1.29, 1.82) is 0 Å². The highest BCUT2D eigenvalue weighted by Crippen LogP contribution is 2.36. The van der Waals surface area contributed by atoms with E-state index in [1.165, 1.54) is 29.7 Å². The van der Waals surface area contributed by atoms with Crippen LogP contribution in [0.3, 0.4) is 0 Å². The van der Waals surface area contributed by atoms with Crippen molar-refractivity contribution in [2.75, 3.05) is 130 Å². The molecule has 1 amide bonds. The summed E-state index contributed by atoms with van der Waals surface area (Å²) in [6.07, 6.45) is -3.28. The summed E-state index contributed by atoms with van der Waals surface area (Å²) in [7, 11) is 0. The number of rotatable bonds is 9. The predicted molar refractivity (Wildman–Crippen MR) is 250 cm³/mol. The van der Waals surface area contributed by atoms with Crippen LogP contribution in [0.15, 0.2) is 24.8 Å². The van der Waals surface area contributed by atoms with Gasteiger partial charge in [-0.25, -0.2) is 49.8 Å². The van der Waals surface area contributed by atoms with Crippen LogP contribution in [0.1, 0.15) is 13.8 Å². The molecule has 0 unspecified atom stereocenters. The molecule has 6 aromatic heterocycles. The van der Waals surface area contributed by atoms with Gasteiger partial charge >= 0.3 is 12.4 Å². The molecule has 2 atom stereocenters. The fourth-order valence-electron chi connectivity index (χ4n) is 8.95. The largest absolute Gasteiger partial charge is 0.406 e. The number of nitrogens with two attached hydrogens (primary N) is 2. The number of alkyl halides is 6. The van der Waals surface area contributed by atoms with Gasteiger partial charge < -0.3 is 55.9 Å². The zero-order valence-electron chi connectivity index (χ0n) is 39.2. The fraction of sp³-hybridized carbons (Fsp3) is 0.548. The summed E-state index contributed by atoms with van der Waals surface area (Å²) in [5.41, 5.74) is 12.7. The van der Waals surface area contributed by atoms with Gasteiger partial charge in [-0.15, -0.1) is 0 Å². The average Bonchev–Trinajstić information content (AvgIpc) is 3.90. The number of nitrogens with one attached hydrogen (secondary N) is 1. The quantitative estimate of drug-likeness (QED) is 0.149. The predicted octanol–water partition coefficient (Wildman–Crippen LogP) is 1.36. The number of aliphatic hydroxyl groups is 1. The molecule has 4 aliphatic heterocycles. The molecule has 10 rings (SSSR count). The Morgan fingerprint density at radius 2 is 1.08 bits per heavy atom. The molecule has 4 saturated heterocycles. The number of fused-ring (bicyclic) bond motifs is 2. The number of morpholine rings is 2. The molecule has 24 nitrogen and oxygen atoms in total. The topological polar surface area (TPSA) is 275 Å². The van der Waals surface area contributed by atoms with Gasteiger partial charge in [0.15, 0.2) is 45.6 Å². The van der Waals surface area contributed by atoms with Crippen molar-refractivity contribution in [2.45, 2.75) is 51.4 Å². The van der Waals surface area contributed by atoms with Gasteiger partial charge in [0, 0.05) is 102 Å². The second kappa shape index (κ2) is 20.6. The van der Waals surface area contributed by atoms with Gasteiger partial charge in [-0.3, -0.25) is 13.9 Å². The lowest BCUT2D eigenvalue weighted by Gasteiger charge is -2.40. The second-order valence-corrected chi connectivity index (χ2v) is 17.5. The van der Waals surface area contributed by atoms with Crippen LogP contribution >= 0.6 is 0 Å². The monoisotopic (exact) mass is 1010 g/mol. The van der Waals surface area contributed by atoms with E-state index in [1.807, 2.05) is 21.6 Å². The van der Waals surface area contributed by atoms with Crippen LogP contribution in [0.5, 0.6) is 0 Å². The maximum absolute atomic E-state index is 13.9. The summed E-state index contributed by atoms with van der Waals surface area (Å²) >= 11 is 0. The van der Waals surface area contributed by atoms with Crippen molar-refractivity contribution >= 4 is 63.7 Å². The highest BCUT2D eigenvalue weighted by atomic mass is 19.4. The van der Waals surface area contributed by atoms with E-state index in [9.17, 15) is 36.2 Å². The molecule has 30 heteroatoms. The van der Waals surface area contributed by atoms with Crippen LogP contribution in [0.4, 0.5) is 61.8 Å². The summed E-state index contributed by atoms with van der Waals surface area (Å²) in [5.74, 6) is 1.19. The van der Waals surface area contributed by atoms with Gasteiger partial charge in [-0.2, -0.15) is 26.3 Å². The van der Waals surface area contributed by atoms with Crippen LogP contribution in [0.2, 0.25) is 0 Å². The molecule has 0 bridgehead atoms. The van der Waals surface area contributed by atoms with Crippen LogP contribution < -0.4 is 36.4 Å². The molecule has 386 valence electrons. The molecule has 6 N–H and O–H groups in total. The number of hydrogen-bond donors (Lipinski definition) is 4. The normalized spacial score (nSPS) is 19.3. The van der Waals surface area contributed by atoms with Gasteiger partial charge in [-0.05, 0) is 13.8 Å². The number of hydrogen-bond acceptors (Lipinski definition) is 21. The Bertz CT molecular complexity index is 2860. The van der Waals surface area contributed by atoms with E-state index in [1.54, 1.807) is 11.8 Å². The number of nitrogen functional groups attached to an aromatic ring is 2. The molecule has 6 aromatic rings. The Kier molecular flexibility index (Phi) is 14.3. The van der Waals surface area contributed by atoms with Crippen molar-refractivity contribution in [3.05, 3.63) is 24.8 Å². The number of ether oxygens (including phenoxy) is 2. The number of aromatic nitrogens is 12. The number of carbonyl (C=O) groups is 1. The number of anilines is 6. The lowest BCUT2D eigenvalue weighted by atomic mass is 10.2. The highest BCUT2D eigenvalue weighted by molar-refractivity contribution is 5.89. The molecular weight excluding hydrogens is 963 g/mol. The van der Waals surface area contributed by atoms with Crippen molar-refractivity contribution < 1.29 is 45.7 Å². The molecule has 10 heterocycles. The van der Waals surface area contributed by atoms with Crippen LogP contribution in [0.25, 0.3) is 45.1 Å². The number of piperazine rings is 2. The van der Waals surface area contributed by atoms with E-state index in [2.05, 4.69) is 55.2 Å². The number of halogens is 6. The average molecular weight is 1020 g/mol. The Hall–Kier alpha value is -7.05. The van der Waals surface area contributed by atoms with E-state index in [0.717, 1.165) is 9.13 Å². The van der Waals surface area contributed by atoms with Crippen molar-refractivity contribution in [3.8, 4) is 22.8 Å². The third kappa shape index (κ3) is 11.0. The smallest absolute Gasteiger partial charge is 0.387 e. The first-order valence-electron chi connectivity index (χ1n) is 23.1. The highest BCUT2D eigenvalue weighted by Gasteiger charge is 2.37. The third-order valence-electron chi connectivity index (χ3n) is 12.3. The first-order chi connectivity index (χ1) is 34.4. The number of aliphatic hydroxyl groups excluding tert-OH is 1. The molecule has 0 aromatic carbocycles. The molecule has 4 fully saturated rings.